The number of rotatable bonds is 1. The van der Waals surface area contributed by atoms with Gasteiger partial charge in [0, 0.05) is 0 Å². The van der Waals surface area contributed by atoms with Gasteiger partial charge in [-0.2, -0.15) is 0 Å². The fraction of sp³-hybridized carbons (Fsp3) is 0.333. The summed E-state index contributed by atoms with van der Waals surface area (Å²) < 4.78 is 0. The van der Waals surface area contributed by atoms with Crippen molar-refractivity contribution in [3.8, 4) is 0 Å². The van der Waals surface area contributed by atoms with Gasteiger partial charge < -0.3 is 0 Å². The first kappa shape index (κ1) is 7.39. The van der Waals surface area contributed by atoms with Gasteiger partial charge in [-0.1, -0.05) is 30.5 Å². The molecule has 0 bridgehead atoms. The van der Waals surface area contributed by atoms with E-state index in [2.05, 4.69) is 46.1 Å². The third-order valence-corrected chi connectivity index (χ3v) is 1.86. The fourth-order valence-electron chi connectivity index (χ4n) is 0.944. The van der Waals surface area contributed by atoms with Crippen LogP contribution in [-0.4, -0.2) is 7.28 Å². The molecular formula is C9H12B. The molecule has 0 spiro atoms. The fourth-order valence-corrected chi connectivity index (χ4v) is 0.944. The van der Waals surface area contributed by atoms with E-state index in [9.17, 15) is 0 Å². The molecule has 0 aromatic heterocycles. The molecule has 0 unspecified atom stereocenters. The third kappa shape index (κ3) is 1.41. The van der Waals surface area contributed by atoms with Crippen LogP contribution in [0, 0.1) is 13.8 Å². The molecule has 1 radical (unpaired) electrons. The van der Waals surface area contributed by atoms with Crippen LogP contribution in [-0.2, 0) is 0 Å². The molecule has 0 N–H and O–H groups in total. The number of hydrogen-bond acceptors (Lipinski definition) is 0. The molecule has 0 saturated carbocycles. The van der Waals surface area contributed by atoms with Crippen LogP contribution in [0.25, 0.3) is 0 Å². The summed E-state index contributed by atoms with van der Waals surface area (Å²) in [6, 6.07) is 6.50. The highest BCUT2D eigenvalue weighted by Crippen LogP contribution is 2.01. The summed E-state index contributed by atoms with van der Waals surface area (Å²) >= 11 is 0. The predicted molar refractivity (Wildman–Crippen MR) is 47.2 cm³/mol. The molecule has 0 aliphatic carbocycles. The maximum Gasteiger partial charge on any atom is 0.148 e. The van der Waals surface area contributed by atoms with Gasteiger partial charge in [0.05, 0.1) is 0 Å². The van der Waals surface area contributed by atoms with Crippen molar-refractivity contribution < 1.29 is 0 Å². The van der Waals surface area contributed by atoms with Crippen molar-refractivity contribution in [2.24, 2.45) is 0 Å². The molecule has 0 heterocycles. The SMILES string of the molecule is C[B]c1ccc(C)c(C)c1. The number of benzene rings is 1. The van der Waals surface area contributed by atoms with Crippen LogP contribution in [0.1, 0.15) is 11.1 Å². The van der Waals surface area contributed by atoms with Crippen molar-refractivity contribution in [3.63, 3.8) is 0 Å². The highest BCUT2D eigenvalue weighted by atomic mass is 13.9. The molecule has 0 nitrogen and oxygen atoms in total. The highest BCUT2D eigenvalue weighted by molar-refractivity contribution is 6.51. The van der Waals surface area contributed by atoms with Gasteiger partial charge in [0.2, 0.25) is 0 Å². The monoisotopic (exact) mass is 131 g/mol. The molecule has 0 aliphatic heterocycles. The van der Waals surface area contributed by atoms with E-state index in [0.717, 1.165) is 0 Å². The molecule has 1 rings (SSSR count). The van der Waals surface area contributed by atoms with Crippen molar-refractivity contribution >= 4 is 12.7 Å². The minimum Gasteiger partial charge on any atom is -0.0878 e. The van der Waals surface area contributed by atoms with Crippen molar-refractivity contribution in [1.29, 1.82) is 0 Å². The summed E-state index contributed by atoms with van der Waals surface area (Å²) in [6.45, 7) is 6.33. The van der Waals surface area contributed by atoms with Gasteiger partial charge in [-0.3, -0.25) is 0 Å². The average molecular weight is 131 g/mol. The molecule has 1 aromatic carbocycles. The Balaban J connectivity index is 3.04. The average Bonchev–Trinajstić information content (AvgIpc) is 1.95. The van der Waals surface area contributed by atoms with Gasteiger partial charge in [0.25, 0.3) is 0 Å². The molecule has 10 heavy (non-hydrogen) atoms. The molecule has 0 saturated heterocycles. The molecule has 1 heteroatoms. The Labute approximate surface area is 63.5 Å². The van der Waals surface area contributed by atoms with E-state index in [0.29, 0.717) is 0 Å². The zero-order chi connectivity index (χ0) is 7.56. The van der Waals surface area contributed by atoms with E-state index in [1.807, 2.05) is 0 Å². The number of aryl methyl sites for hydroxylation is 2. The maximum absolute atomic E-state index is 2.20. The van der Waals surface area contributed by atoms with Crippen LogP contribution in [0.5, 0.6) is 0 Å². The molecule has 1 aromatic rings. The van der Waals surface area contributed by atoms with Crippen molar-refractivity contribution in [3.05, 3.63) is 29.3 Å². The molecule has 0 fully saturated rings. The maximum atomic E-state index is 2.20. The Bertz CT molecular complexity index is 228. The van der Waals surface area contributed by atoms with Gasteiger partial charge in [-0.05, 0) is 25.0 Å². The van der Waals surface area contributed by atoms with E-state index in [1.165, 1.54) is 16.6 Å². The Kier molecular flexibility index (Phi) is 2.15. The van der Waals surface area contributed by atoms with Gasteiger partial charge >= 0.3 is 0 Å². The molecule has 0 atom stereocenters. The second kappa shape index (κ2) is 2.91. The summed E-state index contributed by atoms with van der Waals surface area (Å²) in [5, 5.41) is 0. The van der Waals surface area contributed by atoms with E-state index in [4.69, 9.17) is 0 Å². The first-order valence-electron chi connectivity index (χ1n) is 3.60. The van der Waals surface area contributed by atoms with Gasteiger partial charge in [0.1, 0.15) is 7.28 Å². The van der Waals surface area contributed by atoms with Gasteiger partial charge in [-0.15, -0.1) is 0 Å². The van der Waals surface area contributed by atoms with Crippen LogP contribution >= 0.6 is 0 Å². The lowest BCUT2D eigenvalue weighted by molar-refractivity contribution is 1.35. The van der Waals surface area contributed by atoms with Crippen LogP contribution in [0.4, 0.5) is 0 Å². The van der Waals surface area contributed by atoms with Crippen LogP contribution in [0.3, 0.4) is 0 Å². The summed E-state index contributed by atoms with van der Waals surface area (Å²) in [5.41, 5.74) is 4.05. The number of hydrogen-bond donors (Lipinski definition) is 0. The Morgan fingerprint density at radius 2 is 1.80 bits per heavy atom. The largest absolute Gasteiger partial charge is 0.148 e. The first-order chi connectivity index (χ1) is 4.74. The molecule has 51 valence electrons. The Morgan fingerprint density at radius 1 is 1.10 bits per heavy atom. The quantitative estimate of drug-likeness (QED) is 0.508. The second-order valence-corrected chi connectivity index (χ2v) is 2.63. The summed E-state index contributed by atoms with van der Waals surface area (Å²) in [7, 11) is 2.12. The summed E-state index contributed by atoms with van der Waals surface area (Å²) in [6.07, 6.45) is 0. The van der Waals surface area contributed by atoms with E-state index < -0.39 is 0 Å². The van der Waals surface area contributed by atoms with Gasteiger partial charge in [0.15, 0.2) is 0 Å². The third-order valence-electron chi connectivity index (χ3n) is 1.86. The van der Waals surface area contributed by atoms with Crippen LogP contribution in [0.15, 0.2) is 18.2 Å². The van der Waals surface area contributed by atoms with Crippen LogP contribution in [0.2, 0.25) is 6.82 Å². The topological polar surface area (TPSA) is 0 Å². The summed E-state index contributed by atoms with van der Waals surface area (Å²) in [5.74, 6) is 0. The minimum atomic E-state index is 1.31. The molecular weight excluding hydrogens is 119 g/mol. The molecule has 0 aliphatic rings. The smallest absolute Gasteiger partial charge is 0.0878 e. The normalized spacial score (nSPS) is 9.50. The van der Waals surface area contributed by atoms with E-state index >= 15 is 0 Å². The second-order valence-electron chi connectivity index (χ2n) is 2.63. The lowest BCUT2D eigenvalue weighted by atomic mass is 9.73. The van der Waals surface area contributed by atoms with E-state index in [1.54, 1.807) is 0 Å². The van der Waals surface area contributed by atoms with Gasteiger partial charge in [-0.25, -0.2) is 0 Å². The van der Waals surface area contributed by atoms with Crippen molar-refractivity contribution in [1.82, 2.24) is 0 Å². The Morgan fingerprint density at radius 3 is 2.30 bits per heavy atom. The van der Waals surface area contributed by atoms with E-state index in [-0.39, 0.29) is 0 Å². The minimum absolute atomic E-state index is 1.31. The highest BCUT2D eigenvalue weighted by Gasteiger charge is 1.92. The predicted octanol–water partition coefficient (Wildman–Crippen LogP) is 1.68. The van der Waals surface area contributed by atoms with Crippen LogP contribution < -0.4 is 5.46 Å². The zero-order valence-corrected chi connectivity index (χ0v) is 6.81. The summed E-state index contributed by atoms with van der Waals surface area (Å²) in [4.78, 5) is 0. The lowest BCUT2D eigenvalue weighted by Crippen LogP contribution is -2.10. The Hall–Kier alpha value is -0.715. The lowest BCUT2D eigenvalue weighted by Gasteiger charge is -2.00. The van der Waals surface area contributed by atoms with Crippen molar-refractivity contribution in [2.45, 2.75) is 20.7 Å². The van der Waals surface area contributed by atoms with Crippen molar-refractivity contribution in [2.75, 3.05) is 0 Å². The zero-order valence-electron chi connectivity index (χ0n) is 6.81. The standard InChI is InChI=1S/C9H12B/c1-7-4-5-9(10-3)6-8(7)2/h4-6H,1-3H3. The first-order valence-corrected chi connectivity index (χ1v) is 3.60. The molecule has 0 amide bonds.